The largest absolute Gasteiger partial charge is 0.342 e. The molecule has 4 nitrogen and oxygen atoms in total. The Morgan fingerprint density at radius 3 is 2.73 bits per heavy atom. The van der Waals surface area contributed by atoms with Gasteiger partial charge in [0.2, 0.25) is 11.8 Å². The minimum Gasteiger partial charge on any atom is -0.342 e. The average molecular weight is 320 g/mol. The number of carbonyl (C=O) groups excluding carboxylic acids is 2. The van der Waals surface area contributed by atoms with Gasteiger partial charge in [-0.15, -0.1) is 11.8 Å². The van der Waals surface area contributed by atoms with Crippen LogP contribution in [-0.4, -0.2) is 35.6 Å². The van der Waals surface area contributed by atoms with E-state index in [1.165, 1.54) is 6.92 Å². The number of anilines is 1. The fourth-order valence-electron chi connectivity index (χ4n) is 2.52. The van der Waals surface area contributed by atoms with E-state index in [1.807, 2.05) is 29.2 Å². The summed E-state index contributed by atoms with van der Waals surface area (Å²) in [6.07, 6.45) is 2.83. The molecule has 1 saturated heterocycles. The topological polar surface area (TPSA) is 49.4 Å². The molecule has 0 aliphatic carbocycles. The van der Waals surface area contributed by atoms with Gasteiger partial charge in [0.15, 0.2) is 0 Å². The number of nitrogens with one attached hydrogen (secondary N) is 1. The molecule has 0 saturated carbocycles. The molecular formula is C17H24N2O2S. The Bertz CT molecular complexity index is 516. The molecule has 22 heavy (non-hydrogen) atoms. The third kappa shape index (κ3) is 5.37. The molecule has 1 atom stereocenters. The monoisotopic (exact) mass is 320 g/mol. The van der Waals surface area contributed by atoms with Crippen molar-refractivity contribution in [1.82, 2.24) is 4.90 Å². The SMILES string of the molecule is CC(=O)Nc1ccc(SCCN2CCC(C)CCC2=O)cc1. The van der Waals surface area contributed by atoms with Crippen molar-refractivity contribution >= 4 is 29.3 Å². The van der Waals surface area contributed by atoms with Gasteiger partial charge in [-0.1, -0.05) is 6.92 Å². The average Bonchev–Trinajstić information content (AvgIpc) is 2.64. The lowest BCUT2D eigenvalue weighted by atomic mass is 10.0. The number of rotatable bonds is 5. The van der Waals surface area contributed by atoms with E-state index in [4.69, 9.17) is 0 Å². The number of hydrogen-bond donors (Lipinski definition) is 1. The van der Waals surface area contributed by atoms with Crippen molar-refractivity contribution in [2.75, 3.05) is 24.2 Å². The molecule has 1 aliphatic heterocycles. The second kappa shape index (κ2) is 8.22. The molecule has 1 heterocycles. The summed E-state index contributed by atoms with van der Waals surface area (Å²) in [6.45, 7) is 5.43. The van der Waals surface area contributed by atoms with Crippen LogP contribution in [0.15, 0.2) is 29.2 Å². The number of thioether (sulfide) groups is 1. The highest BCUT2D eigenvalue weighted by Gasteiger charge is 2.19. The van der Waals surface area contributed by atoms with E-state index in [2.05, 4.69) is 12.2 Å². The third-order valence-corrected chi connectivity index (χ3v) is 4.89. The maximum Gasteiger partial charge on any atom is 0.222 e. The predicted molar refractivity (Wildman–Crippen MR) is 91.1 cm³/mol. The van der Waals surface area contributed by atoms with Gasteiger partial charge in [0.1, 0.15) is 0 Å². The van der Waals surface area contributed by atoms with E-state index >= 15 is 0 Å². The zero-order chi connectivity index (χ0) is 15.9. The van der Waals surface area contributed by atoms with Crippen LogP contribution >= 0.6 is 11.8 Å². The van der Waals surface area contributed by atoms with Gasteiger partial charge in [-0.3, -0.25) is 9.59 Å². The molecule has 1 aromatic carbocycles. The summed E-state index contributed by atoms with van der Waals surface area (Å²) in [5.74, 6) is 1.79. The van der Waals surface area contributed by atoms with Gasteiger partial charge in [0.05, 0.1) is 0 Å². The van der Waals surface area contributed by atoms with Gasteiger partial charge < -0.3 is 10.2 Å². The van der Waals surface area contributed by atoms with Crippen LogP contribution in [0.2, 0.25) is 0 Å². The first-order valence-corrected chi connectivity index (χ1v) is 8.81. The molecule has 2 rings (SSSR count). The van der Waals surface area contributed by atoms with Crippen molar-refractivity contribution in [3.8, 4) is 0 Å². The number of likely N-dealkylation sites (tertiary alicyclic amines) is 1. The molecule has 2 amide bonds. The summed E-state index contributed by atoms with van der Waals surface area (Å²) in [7, 11) is 0. The van der Waals surface area contributed by atoms with Crippen molar-refractivity contribution < 1.29 is 9.59 Å². The number of benzene rings is 1. The Morgan fingerprint density at radius 2 is 2.05 bits per heavy atom. The van der Waals surface area contributed by atoms with Crippen LogP contribution in [0.25, 0.3) is 0 Å². The zero-order valence-corrected chi connectivity index (χ0v) is 14.1. The van der Waals surface area contributed by atoms with Crippen LogP contribution in [0.4, 0.5) is 5.69 Å². The maximum atomic E-state index is 12.0. The summed E-state index contributed by atoms with van der Waals surface area (Å²) in [5, 5.41) is 2.76. The Hall–Kier alpha value is -1.49. The molecule has 1 N–H and O–H groups in total. The standard InChI is InChI=1S/C17H24N2O2S/c1-13-3-8-17(21)19(10-9-13)11-12-22-16-6-4-15(5-7-16)18-14(2)20/h4-7,13H,3,8-12H2,1-2H3,(H,18,20). The number of nitrogens with zero attached hydrogens (tertiary/aromatic N) is 1. The van der Waals surface area contributed by atoms with Crippen molar-refractivity contribution in [2.45, 2.75) is 38.0 Å². The third-order valence-electron chi connectivity index (χ3n) is 3.90. The van der Waals surface area contributed by atoms with E-state index in [1.54, 1.807) is 11.8 Å². The first-order valence-electron chi connectivity index (χ1n) is 7.83. The first-order chi connectivity index (χ1) is 10.5. The van der Waals surface area contributed by atoms with E-state index < -0.39 is 0 Å². The highest BCUT2D eigenvalue weighted by Crippen LogP contribution is 2.22. The molecule has 1 fully saturated rings. The Labute approximate surface area is 136 Å². The highest BCUT2D eigenvalue weighted by atomic mass is 32.2. The van der Waals surface area contributed by atoms with Gasteiger partial charge in [-0.05, 0) is 43.0 Å². The molecule has 0 aromatic heterocycles. The number of carbonyl (C=O) groups is 2. The fraction of sp³-hybridized carbons (Fsp3) is 0.529. The summed E-state index contributed by atoms with van der Waals surface area (Å²) >= 11 is 1.74. The molecule has 5 heteroatoms. The normalized spacial score (nSPS) is 18.9. The van der Waals surface area contributed by atoms with E-state index in [-0.39, 0.29) is 5.91 Å². The lowest BCUT2D eigenvalue weighted by Crippen LogP contribution is -2.32. The Morgan fingerprint density at radius 1 is 1.32 bits per heavy atom. The predicted octanol–water partition coefficient (Wildman–Crippen LogP) is 3.39. The van der Waals surface area contributed by atoms with Crippen molar-refractivity contribution in [3.63, 3.8) is 0 Å². The smallest absolute Gasteiger partial charge is 0.222 e. The minimum atomic E-state index is -0.0608. The fourth-order valence-corrected chi connectivity index (χ4v) is 3.40. The van der Waals surface area contributed by atoms with Crippen LogP contribution in [0.5, 0.6) is 0 Å². The van der Waals surface area contributed by atoms with Gasteiger partial charge in [-0.2, -0.15) is 0 Å². The van der Waals surface area contributed by atoms with E-state index in [9.17, 15) is 9.59 Å². The molecule has 120 valence electrons. The molecular weight excluding hydrogens is 296 g/mol. The first kappa shape index (κ1) is 16.9. The van der Waals surface area contributed by atoms with Crippen LogP contribution < -0.4 is 5.32 Å². The van der Waals surface area contributed by atoms with Gasteiger partial charge in [-0.25, -0.2) is 0 Å². The summed E-state index contributed by atoms with van der Waals surface area (Å²) in [4.78, 5) is 26.2. The number of hydrogen-bond acceptors (Lipinski definition) is 3. The van der Waals surface area contributed by atoms with E-state index in [0.29, 0.717) is 18.2 Å². The summed E-state index contributed by atoms with van der Waals surface area (Å²) in [5.41, 5.74) is 0.813. The maximum absolute atomic E-state index is 12.0. The van der Waals surface area contributed by atoms with Crippen molar-refractivity contribution in [2.24, 2.45) is 5.92 Å². The molecule has 1 aromatic rings. The molecule has 1 unspecified atom stereocenters. The lowest BCUT2D eigenvalue weighted by Gasteiger charge is -2.20. The summed E-state index contributed by atoms with van der Waals surface area (Å²) in [6, 6.07) is 7.82. The van der Waals surface area contributed by atoms with Gasteiger partial charge in [0, 0.05) is 42.8 Å². The van der Waals surface area contributed by atoms with Gasteiger partial charge in [0.25, 0.3) is 0 Å². The van der Waals surface area contributed by atoms with Crippen LogP contribution in [0.1, 0.15) is 33.1 Å². The van der Waals surface area contributed by atoms with Gasteiger partial charge >= 0.3 is 0 Å². The lowest BCUT2D eigenvalue weighted by molar-refractivity contribution is -0.130. The van der Waals surface area contributed by atoms with Crippen molar-refractivity contribution in [1.29, 1.82) is 0 Å². The Balaban J connectivity index is 1.78. The van der Waals surface area contributed by atoms with E-state index in [0.717, 1.165) is 42.3 Å². The van der Waals surface area contributed by atoms with Crippen LogP contribution in [-0.2, 0) is 9.59 Å². The molecule has 0 bridgehead atoms. The second-order valence-electron chi connectivity index (χ2n) is 5.87. The molecule has 0 spiro atoms. The van der Waals surface area contributed by atoms with Crippen LogP contribution in [0, 0.1) is 5.92 Å². The highest BCUT2D eigenvalue weighted by molar-refractivity contribution is 7.99. The zero-order valence-electron chi connectivity index (χ0n) is 13.3. The quantitative estimate of drug-likeness (QED) is 0.846. The van der Waals surface area contributed by atoms with Crippen molar-refractivity contribution in [3.05, 3.63) is 24.3 Å². The van der Waals surface area contributed by atoms with Crippen LogP contribution in [0.3, 0.4) is 0 Å². The second-order valence-corrected chi connectivity index (χ2v) is 7.04. The Kier molecular flexibility index (Phi) is 6.31. The minimum absolute atomic E-state index is 0.0608. The molecule has 1 aliphatic rings. The molecule has 0 radical (unpaired) electrons. The number of amides is 2. The summed E-state index contributed by atoms with van der Waals surface area (Å²) < 4.78 is 0.